The van der Waals surface area contributed by atoms with Crippen LogP contribution in [0.15, 0.2) is 36.4 Å². The van der Waals surface area contributed by atoms with Gasteiger partial charge in [-0.2, -0.15) is 0 Å². The van der Waals surface area contributed by atoms with Crippen molar-refractivity contribution in [3.8, 4) is 5.75 Å². The topological polar surface area (TPSA) is 137 Å². The van der Waals surface area contributed by atoms with E-state index in [1.807, 2.05) is 12.1 Å². The number of nitrogens with zero attached hydrogens (tertiary/aromatic N) is 5. The smallest absolute Gasteiger partial charge is 0.348 e. The van der Waals surface area contributed by atoms with Crippen molar-refractivity contribution in [2.24, 2.45) is 0 Å². The average molecular weight is 384 g/mol. The van der Waals surface area contributed by atoms with Gasteiger partial charge in [0.05, 0.1) is 45.8 Å². The summed E-state index contributed by atoms with van der Waals surface area (Å²) < 4.78 is 5.31. The van der Waals surface area contributed by atoms with Crippen molar-refractivity contribution in [3.63, 3.8) is 0 Å². The second-order valence-electron chi connectivity index (χ2n) is 5.96. The number of aromatic nitrogens is 2. The van der Waals surface area contributed by atoms with Crippen molar-refractivity contribution >= 4 is 39.7 Å². The molecule has 11 heteroatoms. The molecule has 3 rings (SSSR count). The van der Waals surface area contributed by atoms with Crippen LogP contribution >= 0.6 is 0 Å². The molecular weight excluding hydrogens is 368 g/mol. The fourth-order valence-electron chi connectivity index (χ4n) is 2.63. The number of rotatable bonds is 6. The first-order chi connectivity index (χ1) is 13.3. The summed E-state index contributed by atoms with van der Waals surface area (Å²) in [6.45, 7) is 0. The van der Waals surface area contributed by atoms with E-state index in [0.717, 1.165) is 12.1 Å². The van der Waals surface area contributed by atoms with Crippen LogP contribution in [0.5, 0.6) is 5.75 Å². The van der Waals surface area contributed by atoms with Gasteiger partial charge < -0.3 is 15.0 Å². The first kappa shape index (κ1) is 18.8. The molecule has 0 amide bonds. The fourth-order valence-corrected chi connectivity index (χ4v) is 2.63. The summed E-state index contributed by atoms with van der Waals surface area (Å²) in [6.07, 6.45) is 0. The molecule has 0 aliphatic heterocycles. The van der Waals surface area contributed by atoms with Crippen LogP contribution in [0, 0.1) is 20.2 Å². The number of ether oxygens (including phenoxy) is 1. The number of hydrogen-bond acceptors (Lipinski definition) is 9. The Morgan fingerprint density at radius 3 is 2.11 bits per heavy atom. The molecule has 0 aliphatic carbocycles. The van der Waals surface area contributed by atoms with Gasteiger partial charge in [-0.15, -0.1) is 0 Å². The van der Waals surface area contributed by atoms with Gasteiger partial charge in [0.15, 0.2) is 11.6 Å². The van der Waals surface area contributed by atoms with Crippen LogP contribution in [-0.2, 0) is 0 Å². The van der Waals surface area contributed by atoms with Crippen LogP contribution in [0.1, 0.15) is 0 Å². The van der Waals surface area contributed by atoms with Gasteiger partial charge in [-0.05, 0) is 12.1 Å². The van der Waals surface area contributed by atoms with Crippen molar-refractivity contribution in [1.82, 2.24) is 9.97 Å². The molecule has 0 unspecified atom stereocenters. The predicted molar refractivity (Wildman–Crippen MR) is 103 cm³/mol. The van der Waals surface area contributed by atoms with Crippen LogP contribution in [0.25, 0.3) is 11.0 Å². The zero-order valence-electron chi connectivity index (χ0n) is 15.2. The van der Waals surface area contributed by atoms with Gasteiger partial charge in [0.2, 0.25) is 0 Å². The molecule has 11 nitrogen and oxygen atoms in total. The lowest BCUT2D eigenvalue weighted by Crippen LogP contribution is -2.14. The third kappa shape index (κ3) is 3.45. The predicted octanol–water partition coefficient (Wildman–Crippen LogP) is 3.26. The van der Waals surface area contributed by atoms with Gasteiger partial charge in [0.25, 0.3) is 0 Å². The highest BCUT2D eigenvalue weighted by Crippen LogP contribution is 2.35. The zero-order chi connectivity index (χ0) is 20.4. The maximum Gasteiger partial charge on any atom is 0.348 e. The van der Waals surface area contributed by atoms with Crippen molar-refractivity contribution in [3.05, 3.63) is 56.6 Å². The molecule has 0 aliphatic rings. The summed E-state index contributed by atoms with van der Waals surface area (Å²) >= 11 is 0. The fraction of sp³-hybridized carbons (Fsp3) is 0.176. The summed E-state index contributed by atoms with van der Waals surface area (Å²) in [5.74, 6) is 1.30. The van der Waals surface area contributed by atoms with E-state index >= 15 is 0 Å². The highest BCUT2D eigenvalue weighted by atomic mass is 16.6. The molecule has 2 aromatic carbocycles. The summed E-state index contributed by atoms with van der Waals surface area (Å²) in [5.41, 5.74) is -0.334. The molecule has 0 atom stereocenters. The van der Waals surface area contributed by atoms with Crippen molar-refractivity contribution in [2.45, 2.75) is 0 Å². The molecule has 0 spiro atoms. The van der Waals surface area contributed by atoms with Crippen LogP contribution in [0.4, 0.5) is 28.7 Å². The molecule has 1 heterocycles. The average Bonchev–Trinajstić information content (AvgIpc) is 2.66. The van der Waals surface area contributed by atoms with Crippen LogP contribution in [0.3, 0.4) is 0 Å². The molecule has 28 heavy (non-hydrogen) atoms. The summed E-state index contributed by atoms with van der Waals surface area (Å²) in [4.78, 5) is 31.3. The standard InChI is InChI=1S/C17H16N6O5/c1-21(2)17-16(18-10-6-4-5-7-15(10)28-3)19-11-8-13(22(24)25)14(23(26)27)9-12(11)20-17/h4-9H,1-3H3,(H,18,19). The van der Waals surface area contributed by atoms with Crippen molar-refractivity contribution < 1.29 is 14.6 Å². The molecule has 0 bridgehead atoms. The largest absolute Gasteiger partial charge is 0.495 e. The van der Waals surface area contributed by atoms with Crippen LogP contribution in [-0.4, -0.2) is 41.0 Å². The first-order valence-corrected chi connectivity index (χ1v) is 8.03. The number of fused-ring (bicyclic) bond motifs is 1. The minimum atomic E-state index is -0.813. The molecule has 144 valence electrons. The lowest BCUT2D eigenvalue weighted by atomic mass is 10.2. The Kier molecular flexibility index (Phi) is 4.90. The van der Waals surface area contributed by atoms with E-state index in [2.05, 4.69) is 15.3 Å². The Hall–Kier alpha value is -4.02. The molecule has 1 N–H and O–H groups in total. The van der Waals surface area contributed by atoms with Crippen molar-refractivity contribution in [2.75, 3.05) is 31.4 Å². The molecule has 3 aromatic rings. The highest BCUT2D eigenvalue weighted by molar-refractivity contribution is 5.87. The maximum absolute atomic E-state index is 11.2. The van der Waals surface area contributed by atoms with E-state index in [1.165, 1.54) is 7.11 Å². The van der Waals surface area contributed by atoms with Crippen molar-refractivity contribution in [1.29, 1.82) is 0 Å². The molecule has 1 aromatic heterocycles. The molecular formula is C17H16N6O5. The SMILES string of the molecule is COc1ccccc1Nc1nc2cc([N+](=O)[O-])c([N+](=O)[O-])cc2nc1N(C)C. The van der Waals surface area contributed by atoms with Gasteiger partial charge in [-0.1, -0.05) is 12.1 Å². The Morgan fingerprint density at radius 1 is 1.00 bits per heavy atom. The van der Waals surface area contributed by atoms with E-state index in [4.69, 9.17) is 4.74 Å². The van der Waals surface area contributed by atoms with E-state index in [0.29, 0.717) is 23.1 Å². The van der Waals surface area contributed by atoms with Gasteiger partial charge in [-0.3, -0.25) is 20.2 Å². The Balaban J connectivity index is 2.21. The molecule has 0 radical (unpaired) electrons. The maximum atomic E-state index is 11.2. The van der Waals surface area contributed by atoms with E-state index in [1.54, 1.807) is 31.1 Å². The normalized spacial score (nSPS) is 10.5. The number of para-hydroxylation sites is 2. The van der Waals surface area contributed by atoms with Gasteiger partial charge in [0, 0.05) is 14.1 Å². The Labute approximate surface area is 158 Å². The van der Waals surface area contributed by atoms with E-state index < -0.39 is 21.2 Å². The minimum absolute atomic E-state index is 0.153. The number of nitro groups is 2. The zero-order valence-corrected chi connectivity index (χ0v) is 15.2. The molecule has 0 fully saturated rings. The minimum Gasteiger partial charge on any atom is -0.495 e. The number of nitro benzene ring substituents is 2. The van der Waals surface area contributed by atoms with E-state index in [9.17, 15) is 20.2 Å². The monoisotopic (exact) mass is 384 g/mol. The second-order valence-corrected chi connectivity index (χ2v) is 5.96. The third-order valence-corrected chi connectivity index (χ3v) is 3.92. The highest BCUT2D eigenvalue weighted by Gasteiger charge is 2.26. The third-order valence-electron chi connectivity index (χ3n) is 3.92. The first-order valence-electron chi connectivity index (χ1n) is 8.03. The molecule has 0 saturated carbocycles. The number of anilines is 3. The summed E-state index contributed by atoms with van der Waals surface area (Å²) in [7, 11) is 5.01. The lowest BCUT2D eigenvalue weighted by molar-refractivity contribution is -0.422. The number of hydrogen-bond donors (Lipinski definition) is 1. The van der Waals surface area contributed by atoms with E-state index in [-0.39, 0.29) is 11.0 Å². The van der Waals surface area contributed by atoms with Gasteiger partial charge >= 0.3 is 11.4 Å². The van der Waals surface area contributed by atoms with Gasteiger partial charge in [0.1, 0.15) is 5.75 Å². The summed E-state index contributed by atoms with van der Waals surface area (Å²) in [5, 5.41) is 25.5. The van der Waals surface area contributed by atoms with Crippen LogP contribution < -0.4 is 15.0 Å². The van der Waals surface area contributed by atoms with Gasteiger partial charge in [-0.25, -0.2) is 9.97 Å². The number of methoxy groups -OCH3 is 1. The quantitative estimate of drug-likeness (QED) is 0.501. The molecule has 0 saturated heterocycles. The second kappa shape index (κ2) is 7.31. The summed E-state index contributed by atoms with van der Waals surface area (Å²) in [6, 6.07) is 9.27. The lowest BCUT2D eigenvalue weighted by Gasteiger charge is -2.18. The number of nitrogens with one attached hydrogen (secondary N) is 1. The van der Waals surface area contributed by atoms with Crippen LogP contribution in [0.2, 0.25) is 0 Å². The Morgan fingerprint density at radius 2 is 1.57 bits per heavy atom. The Bertz CT molecular complexity index is 1090. The number of benzene rings is 2.